The lowest BCUT2D eigenvalue weighted by molar-refractivity contribution is -0.0593. The largest absolute Gasteiger partial charge is 0.378 e. The van der Waals surface area contributed by atoms with Crippen molar-refractivity contribution in [1.82, 2.24) is 0 Å². The number of hydrogen-bond acceptors (Lipinski definition) is 1. The van der Waals surface area contributed by atoms with Gasteiger partial charge in [-0.25, -0.2) is 0 Å². The van der Waals surface area contributed by atoms with E-state index in [2.05, 4.69) is 19.6 Å². The van der Waals surface area contributed by atoms with Crippen molar-refractivity contribution in [2.75, 3.05) is 6.61 Å². The van der Waals surface area contributed by atoms with E-state index in [0.29, 0.717) is 6.10 Å². The molecule has 3 aliphatic rings. The van der Waals surface area contributed by atoms with Gasteiger partial charge in [0.05, 0.1) is 6.10 Å². The van der Waals surface area contributed by atoms with Gasteiger partial charge in [0.15, 0.2) is 0 Å². The minimum absolute atomic E-state index is 0.575. The highest BCUT2D eigenvalue weighted by atomic mass is 16.5. The molecule has 2 unspecified atom stereocenters. The molecule has 0 N–H and O–H groups in total. The summed E-state index contributed by atoms with van der Waals surface area (Å²) in [4.78, 5) is 0. The Morgan fingerprint density at radius 2 is 1.37 bits per heavy atom. The molecule has 1 nitrogen and oxygen atoms in total. The summed E-state index contributed by atoms with van der Waals surface area (Å²) in [7, 11) is 0. The van der Waals surface area contributed by atoms with Crippen molar-refractivity contribution in [3.8, 4) is 0 Å². The Morgan fingerprint density at radius 3 is 1.96 bits per heavy atom. The molecule has 2 aliphatic carbocycles. The zero-order valence-electron chi connectivity index (χ0n) is 18.2. The van der Waals surface area contributed by atoms with E-state index in [4.69, 9.17) is 4.74 Å². The highest BCUT2D eigenvalue weighted by Gasteiger charge is 2.31. The van der Waals surface area contributed by atoms with Gasteiger partial charge in [-0.3, -0.25) is 0 Å². The van der Waals surface area contributed by atoms with Crippen LogP contribution in [-0.4, -0.2) is 12.7 Å². The van der Waals surface area contributed by atoms with Gasteiger partial charge in [-0.05, 0) is 74.5 Å². The Bertz CT molecular complexity index is 392. The predicted octanol–water partition coefficient (Wildman–Crippen LogP) is 7.94. The minimum Gasteiger partial charge on any atom is -0.378 e. The van der Waals surface area contributed by atoms with E-state index >= 15 is 0 Å². The van der Waals surface area contributed by atoms with Crippen LogP contribution in [0.15, 0.2) is 12.7 Å². The van der Waals surface area contributed by atoms with Crippen LogP contribution in [0.4, 0.5) is 0 Å². The zero-order valence-corrected chi connectivity index (χ0v) is 18.2. The molecule has 0 aromatic carbocycles. The number of unbranched alkanes of at least 4 members (excludes halogenated alkanes) is 2. The van der Waals surface area contributed by atoms with Crippen molar-refractivity contribution in [2.24, 2.45) is 29.6 Å². The summed E-state index contributed by atoms with van der Waals surface area (Å²) >= 11 is 0. The van der Waals surface area contributed by atoms with Gasteiger partial charge in [-0.1, -0.05) is 70.8 Å². The van der Waals surface area contributed by atoms with Crippen LogP contribution < -0.4 is 0 Å². The fourth-order valence-electron chi connectivity index (χ4n) is 6.14. The number of ether oxygens (including phenoxy) is 1. The average Bonchev–Trinajstić information content (AvgIpc) is 2.74. The molecule has 0 amide bonds. The average molecular weight is 375 g/mol. The molecule has 1 saturated heterocycles. The summed E-state index contributed by atoms with van der Waals surface area (Å²) in [6.45, 7) is 7.35. The molecule has 3 rings (SSSR count). The van der Waals surface area contributed by atoms with Gasteiger partial charge in [-0.15, -0.1) is 6.58 Å². The van der Waals surface area contributed by atoms with E-state index in [0.717, 1.165) is 36.2 Å². The van der Waals surface area contributed by atoms with Crippen LogP contribution in [0.25, 0.3) is 0 Å². The van der Waals surface area contributed by atoms with Crippen LogP contribution in [0.2, 0.25) is 0 Å². The zero-order chi connectivity index (χ0) is 18.9. The molecule has 1 heteroatoms. The highest BCUT2D eigenvalue weighted by molar-refractivity contribution is 4.87. The molecule has 2 saturated carbocycles. The van der Waals surface area contributed by atoms with Crippen LogP contribution in [0.3, 0.4) is 0 Å². The van der Waals surface area contributed by atoms with Gasteiger partial charge < -0.3 is 4.74 Å². The third kappa shape index (κ3) is 6.91. The third-order valence-electron chi connectivity index (χ3n) is 8.25. The van der Waals surface area contributed by atoms with Gasteiger partial charge in [0, 0.05) is 6.61 Å². The van der Waals surface area contributed by atoms with E-state index in [-0.39, 0.29) is 0 Å². The number of hydrogen-bond donors (Lipinski definition) is 0. The fourth-order valence-corrected chi connectivity index (χ4v) is 6.14. The van der Waals surface area contributed by atoms with Crippen molar-refractivity contribution in [1.29, 1.82) is 0 Å². The van der Waals surface area contributed by atoms with Crippen molar-refractivity contribution < 1.29 is 4.74 Å². The summed E-state index contributed by atoms with van der Waals surface area (Å²) < 4.78 is 6.38. The Kier molecular flexibility index (Phi) is 9.23. The lowest BCUT2D eigenvalue weighted by Gasteiger charge is -2.38. The van der Waals surface area contributed by atoms with Gasteiger partial charge in [0.2, 0.25) is 0 Å². The molecular weight excluding hydrogens is 328 g/mol. The molecular formula is C26H46O. The summed E-state index contributed by atoms with van der Waals surface area (Å²) in [5, 5.41) is 0. The Hall–Kier alpha value is -0.300. The summed E-state index contributed by atoms with van der Waals surface area (Å²) in [6, 6.07) is 0. The van der Waals surface area contributed by atoms with Crippen molar-refractivity contribution >= 4 is 0 Å². The van der Waals surface area contributed by atoms with Gasteiger partial charge in [0.1, 0.15) is 0 Å². The molecule has 0 radical (unpaired) electrons. The summed E-state index contributed by atoms with van der Waals surface area (Å²) in [5.41, 5.74) is 0. The molecule has 27 heavy (non-hydrogen) atoms. The van der Waals surface area contributed by atoms with Crippen LogP contribution in [0, 0.1) is 29.6 Å². The Labute approximate surface area is 169 Å². The lowest BCUT2D eigenvalue weighted by atomic mass is 9.75. The smallest absolute Gasteiger partial charge is 0.0603 e. The molecule has 2 atom stereocenters. The Morgan fingerprint density at radius 1 is 0.741 bits per heavy atom. The molecule has 156 valence electrons. The highest BCUT2D eigenvalue weighted by Crippen LogP contribution is 2.39. The quantitative estimate of drug-likeness (QED) is 0.294. The van der Waals surface area contributed by atoms with Crippen LogP contribution in [0.5, 0.6) is 0 Å². The van der Waals surface area contributed by atoms with Crippen molar-refractivity contribution in [2.45, 2.75) is 116 Å². The van der Waals surface area contributed by atoms with Gasteiger partial charge in [-0.2, -0.15) is 0 Å². The maximum absolute atomic E-state index is 6.38. The van der Waals surface area contributed by atoms with E-state index in [1.54, 1.807) is 0 Å². The molecule has 1 aliphatic heterocycles. The predicted molar refractivity (Wildman–Crippen MR) is 117 cm³/mol. The molecule has 0 spiro atoms. The monoisotopic (exact) mass is 374 g/mol. The normalized spacial score (nSPS) is 37.8. The van der Waals surface area contributed by atoms with Gasteiger partial charge in [0.25, 0.3) is 0 Å². The van der Waals surface area contributed by atoms with Crippen LogP contribution >= 0.6 is 0 Å². The van der Waals surface area contributed by atoms with Gasteiger partial charge >= 0.3 is 0 Å². The van der Waals surface area contributed by atoms with E-state index in [1.165, 1.54) is 103 Å². The van der Waals surface area contributed by atoms with E-state index in [1.807, 2.05) is 0 Å². The number of allylic oxidation sites excluding steroid dienone is 1. The van der Waals surface area contributed by atoms with E-state index < -0.39 is 0 Å². The Balaban J connectivity index is 1.25. The second kappa shape index (κ2) is 11.6. The topological polar surface area (TPSA) is 9.23 Å². The first-order chi connectivity index (χ1) is 13.3. The molecule has 3 fully saturated rings. The second-order valence-electron chi connectivity index (χ2n) is 10.2. The van der Waals surface area contributed by atoms with Crippen LogP contribution in [-0.2, 0) is 4.74 Å². The maximum Gasteiger partial charge on any atom is 0.0603 e. The lowest BCUT2D eigenvalue weighted by Crippen LogP contribution is -2.34. The third-order valence-corrected chi connectivity index (χ3v) is 8.25. The molecule has 0 aromatic heterocycles. The second-order valence-corrected chi connectivity index (χ2v) is 10.2. The summed E-state index contributed by atoms with van der Waals surface area (Å²) in [6.07, 6.45) is 25.7. The van der Waals surface area contributed by atoms with E-state index in [9.17, 15) is 0 Å². The first kappa shape index (κ1) is 21.4. The number of rotatable bonds is 9. The fraction of sp³-hybridized carbons (Fsp3) is 0.923. The minimum atomic E-state index is 0.575. The van der Waals surface area contributed by atoms with Crippen molar-refractivity contribution in [3.63, 3.8) is 0 Å². The van der Waals surface area contributed by atoms with Crippen molar-refractivity contribution in [3.05, 3.63) is 12.7 Å². The molecule has 1 heterocycles. The molecule has 0 aromatic rings. The van der Waals surface area contributed by atoms with Crippen LogP contribution in [0.1, 0.15) is 110 Å². The standard InChI is InChI=1S/C26H46O/c1-3-5-6-7-22-8-10-23(11-9-22)12-13-24-16-19-26(27-20-24)25-17-14-21(4-2)15-18-25/h4,21-26H,2-3,5-20H2,1H3. The summed E-state index contributed by atoms with van der Waals surface area (Å²) in [5.74, 6) is 4.56. The molecule has 0 bridgehead atoms. The maximum atomic E-state index is 6.38. The SMILES string of the molecule is C=CC1CCC(C2CCC(CCC3CCC(CCCCC)CC3)CO2)CC1. The first-order valence-corrected chi connectivity index (χ1v) is 12.5. The first-order valence-electron chi connectivity index (χ1n) is 12.5.